The molecule has 0 unspecified atom stereocenters. The van der Waals surface area contributed by atoms with Gasteiger partial charge in [0.25, 0.3) is 0 Å². The Hall–Kier alpha value is -0.550. The quantitative estimate of drug-likeness (QED) is 0.464. The molecule has 0 aliphatic carbocycles. The maximum Gasteiger partial charge on any atom is 0.189 e. The van der Waals surface area contributed by atoms with E-state index in [1.807, 2.05) is 19.0 Å². The molecule has 0 spiro atoms. The van der Waals surface area contributed by atoms with Gasteiger partial charge in [-0.15, -0.1) is 0 Å². The zero-order chi connectivity index (χ0) is 14.6. The summed E-state index contributed by atoms with van der Waals surface area (Å²) in [5, 5.41) is 0.781. The monoisotopic (exact) mass is 333 g/mol. The normalized spacial score (nSPS) is 10.1. The zero-order valence-corrected chi connectivity index (χ0v) is 13.7. The number of carbonyl (C=O) groups excluding carboxylic acids is 1. The van der Waals surface area contributed by atoms with Crippen molar-refractivity contribution in [2.24, 2.45) is 0 Å². The lowest BCUT2D eigenvalue weighted by Gasteiger charge is -2.13. The van der Waals surface area contributed by atoms with Crippen molar-refractivity contribution in [3.8, 4) is 0 Å². The highest BCUT2D eigenvalue weighted by atomic mass is 35.5. The Morgan fingerprint density at radius 2 is 2.00 bits per heavy atom. The van der Waals surface area contributed by atoms with E-state index in [9.17, 15) is 4.79 Å². The summed E-state index contributed by atoms with van der Waals surface area (Å²) >= 11 is 18.2. The molecule has 0 radical (unpaired) electrons. The third kappa shape index (κ3) is 4.80. The maximum atomic E-state index is 12.1. The second-order valence-electron chi connectivity index (χ2n) is 4.01. The van der Waals surface area contributed by atoms with E-state index in [-0.39, 0.29) is 5.78 Å². The molecule has 0 heterocycles. The van der Waals surface area contributed by atoms with Crippen LogP contribution in [0.15, 0.2) is 30.4 Å². The third-order valence-corrected chi connectivity index (χ3v) is 4.80. The number of halogens is 2. The average molecular weight is 334 g/mol. The van der Waals surface area contributed by atoms with Gasteiger partial charge in [-0.3, -0.25) is 4.79 Å². The second kappa shape index (κ2) is 7.29. The second-order valence-corrected chi connectivity index (χ2v) is 6.43. The van der Waals surface area contributed by atoms with Crippen LogP contribution in [-0.4, -0.2) is 34.9 Å². The predicted octanol–water partition coefficient (Wildman–Crippen LogP) is 4.31. The Labute approximate surface area is 132 Å². The molecule has 0 aliphatic heterocycles. The summed E-state index contributed by atoms with van der Waals surface area (Å²) < 4.78 is 0.711. The van der Waals surface area contributed by atoms with Crippen molar-refractivity contribution in [3.63, 3.8) is 0 Å². The van der Waals surface area contributed by atoms with Crippen molar-refractivity contribution in [2.75, 3.05) is 19.8 Å². The lowest BCUT2D eigenvalue weighted by Crippen LogP contribution is -2.17. The maximum absolute atomic E-state index is 12.1. The molecule has 0 aliphatic rings. The van der Waals surface area contributed by atoms with E-state index in [1.54, 1.807) is 18.2 Å². The standard InChI is InChI=1S/C13H13Cl2NOS2/c1-8(7-19-13(18)16(2)3)12(17)9-4-5-10(14)11(15)6-9/h4-6H,1,7H2,2-3H3. The summed E-state index contributed by atoms with van der Waals surface area (Å²) in [5.41, 5.74) is 0.961. The van der Waals surface area contributed by atoms with Crippen LogP contribution in [0.1, 0.15) is 10.4 Å². The van der Waals surface area contributed by atoms with E-state index in [2.05, 4.69) is 6.58 Å². The summed E-state index contributed by atoms with van der Waals surface area (Å²) in [7, 11) is 3.72. The van der Waals surface area contributed by atoms with Gasteiger partial charge in [-0.2, -0.15) is 0 Å². The zero-order valence-electron chi connectivity index (χ0n) is 10.6. The molecule has 0 saturated carbocycles. The van der Waals surface area contributed by atoms with Crippen molar-refractivity contribution in [3.05, 3.63) is 46.0 Å². The Bertz CT molecular complexity index is 529. The molecule has 0 fully saturated rings. The minimum atomic E-state index is -0.146. The predicted molar refractivity (Wildman–Crippen MR) is 88.7 cm³/mol. The Morgan fingerprint density at radius 1 is 1.37 bits per heavy atom. The molecule has 0 atom stereocenters. The number of thioether (sulfide) groups is 1. The number of hydrogen-bond donors (Lipinski definition) is 0. The van der Waals surface area contributed by atoms with Crippen LogP contribution in [-0.2, 0) is 0 Å². The fraction of sp³-hybridized carbons (Fsp3) is 0.231. The summed E-state index contributed by atoms with van der Waals surface area (Å²) in [6.45, 7) is 3.79. The largest absolute Gasteiger partial charge is 0.364 e. The summed E-state index contributed by atoms with van der Waals surface area (Å²) in [5.74, 6) is 0.309. The van der Waals surface area contributed by atoms with Gasteiger partial charge < -0.3 is 4.90 Å². The van der Waals surface area contributed by atoms with Crippen molar-refractivity contribution in [1.82, 2.24) is 4.90 Å². The average Bonchev–Trinajstić information content (AvgIpc) is 2.37. The Balaban J connectivity index is 2.69. The number of thiocarbonyl (C=S) groups is 1. The molecule has 0 saturated heterocycles. The lowest BCUT2D eigenvalue weighted by molar-refractivity contribution is 0.103. The van der Waals surface area contributed by atoms with E-state index in [0.717, 1.165) is 0 Å². The van der Waals surface area contributed by atoms with Crippen molar-refractivity contribution in [1.29, 1.82) is 0 Å². The van der Waals surface area contributed by atoms with Crippen LogP contribution in [0.25, 0.3) is 0 Å². The molecule has 6 heteroatoms. The first kappa shape index (κ1) is 16.5. The van der Waals surface area contributed by atoms with Gasteiger partial charge in [0.2, 0.25) is 0 Å². The van der Waals surface area contributed by atoms with Crippen LogP contribution < -0.4 is 0 Å². The molecule has 2 nitrogen and oxygen atoms in total. The van der Waals surface area contributed by atoms with Gasteiger partial charge in [0.15, 0.2) is 5.78 Å². The fourth-order valence-electron chi connectivity index (χ4n) is 1.18. The van der Waals surface area contributed by atoms with E-state index < -0.39 is 0 Å². The summed E-state index contributed by atoms with van der Waals surface area (Å²) in [4.78, 5) is 13.9. The van der Waals surface area contributed by atoms with Crippen LogP contribution in [0.2, 0.25) is 10.0 Å². The highest BCUT2D eigenvalue weighted by Gasteiger charge is 2.13. The molecular formula is C13H13Cl2NOS2. The molecule has 0 bridgehead atoms. The molecule has 1 rings (SSSR count). The first-order valence-electron chi connectivity index (χ1n) is 5.34. The summed E-state index contributed by atoms with van der Waals surface area (Å²) in [6.07, 6.45) is 0. The van der Waals surface area contributed by atoms with Crippen LogP contribution in [0.3, 0.4) is 0 Å². The summed E-state index contributed by atoms with van der Waals surface area (Å²) in [6, 6.07) is 4.78. The SMILES string of the molecule is C=C(CSC(=S)N(C)C)C(=O)c1ccc(Cl)c(Cl)c1. The number of benzene rings is 1. The smallest absolute Gasteiger partial charge is 0.189 e. The van der Waals surface area contributed by atoms with Crippen molar-refractivity contribution < 1.29 is 4.79 Å². The van der Waals surface area contributed by atoms with E-state index in [0.29, 0.717) is 31.3 Å². The van der Waals surface area contributed by atoms with E-state index in [1.165, 1.54) is 11.8 Å². The molecule has 0 amide bonds. The number of hydrogen-bond acceptors (Lipinski definition) is 3. The Morgan fingerprint density at radius 3 is 2.53 bits per heavy atom. The van der Waals surface area contributed by atoms with Crippen LogP contribution in [0.4, 0.5) is 0 Å². The number of ketones is 1. The van der Waals surface area contributed by atoms with E-state index in [4.69, 9.17) is 35.4 Å². The minimum Gasteiger partial charge on any atom is -0.364 e. The van der Waals surface area contributed by atoms with Gasteiger partial charge in [-0.25, -0.2) is 0 Å². The van der Waals surface area contributed by atoms with Crippen LogP contribution >= 0.6 is 47.2 Å². The fourth-order valence-corrected chi connectivity index (χ4v) is 2.35. The molecule has 19 heavy (non-hydrogen) atoms. The van der Waals surface area contributed by atoms with Gasteiger partial charge in [0, 0.05) is 31.0 Å². The molecule has 102 valence electrons. The first-order chi connectivity index (χ1) is 8.82. The van der Waals surface area contributed by atoms with Crippen molar-refractivity contribution in [2.45, 2.75) is 0 Å². The van der Waals surface area contributed by atoms with Gasteiger partial charge in [0.1, 0.15) is 4.32 Å². The number of nitrogens with zero attached hydrogens (tertiary/aromatic N) is 1. The molecular weight excluding hydrogens is 321 g/mol. The molecule has 1 aromatic rings. The molecule has 0 aromatic heterocycles. The number of carbonyl (C=O) groups is 1. The van der Waals surface area contributed by atoms with Gasteiger partial charge in [-0.05, 0) is 18.2 Å². The van der Waals surface area contributed by atoms with E-state index >= 15 is 0 Å². The van der Waals surface area contributed by atoms with Crippen LogP contribution in [0.5, 0.6) is 0 Å². The molecule has 1 aromatic carbocycles. The highest BCUT2D eigenvalue weighted by Crippen LogP contribution is 2.24. The minimum absolute atomic E-state index is 0.146. The first-order valence-corrected chi connectivity index (χ1v) is 7.49. The number of Topliss-reactive ketones (excluding diaryl/α,β-unsaturated/α-hetero) is 1. The van der Waals surface area contributed by atoms with Gasteiger partial charge in [0.05, 0.1) is 10.0 Å². The lowest BCUT2D eigenvalue weighted by atomic mass is 10.1. The van der Waals surface area contributed by atoms with Gasteiger partial charge in [-0.1, -0.05) is 53.8 Å². The highest BCUT2D eigenvalue weighted by molar-refractivity contribution is 8.23. The van der Waals surface area contributed by atoms with Gasteiger partial charge >= 0.3 is 0 Å². The topological polar surface area (TPSA) is 20.3 Å². The molecule has 0 N–H and O–H groups in total. The number of rotatable bonds is 4. The van der Waals surface area contributed by atoms with Crippen LogP contribution in [0, 0.1) is 0 Å². The van der Waals surface area contributed by atoms with Crippen molar-refractivity contribution >= 4 is 57.3 Å². The third-order valence-electron chi connectivity index (χ3n) is 2.24. The Kier molecular flexibility index (Phi) is 6.33.